The lowest BCUT2D eigenvalue weighted by atomic mass is 10.1. The fourth-order valence-corrected chi connectivity index (χ4v) is 4.19. The Morgan fingerprint density at radius 2 is 2.00 bits per heavy atom. The first kappa shape index (κ1) is 18.9. The first-order valence-corrected chi connectivity index (χ1v) is 10.3. The van der Waals surface area contributed by atoms with Crippen LogP contribution in [0.2, 0.25) is 0 Å². The summed E-state index contributed by atoms with van der Waals surface area (Å²) in [6, 6.07) is 9.17. The number of sulfonamides is 1. The van der Waals surface area contributed by atoms with Crippen LogP contribution in [0.5, 0.6) is 0 Å². The minimum absolute atomic E-state index is 0.0583. The van der Waals surface area contributed by atoms with Gasteiger partial charge in [0, 0.05) is 29.3 Å². The zero-order valence-corrected chi connectivity index (χ0v) is 16.1. The average Bonchev–Trinajstić information content (AvgIpc) is 3.09. The molecule has 2 aromatic heterocycles. The highest BCUT2D eigenvalue weighted by molar-refractivity contribution is 7.92. The van der Waals surface area contributed by atoms with Gasteiger partial charge in [0.1, 0.15) is 0 Å². The molecule has 0 atom stereocenters. The van der Waals surface area contributed by atoms with Gasteiger partial charge < -0.3 is 0 Å². The summed E-state index contributed by atoms with van der Waals surface area (Å²) in [6.45, 7) is 3.99. The van der Waals surface area contributed by atoms with E-state index in [9.17, 15) is 18.5 Å². The number of nitro groups is 1. The van der Waals surface area contributed by atoms with Gasteiger partial charge in [-0.2, -0.15) is 8.42 Å². The van der Waals surface area contributed by atoms with Crippen LogP contribution in [-0.4, -0.2) is 23.3 Å². The molecule has 3 rings (SSSR count). The molecule has 8 nitrogen and oxygen atoms in total. The van der Waals surface area contributed by atoms with Crippen molar-refractivity contribution in [3.8, 4) is 11.3 Å². The van der Waals surface area contributed by atoms with E-state index in [1.807, 2.05) is 13.8 Å². The molecule has 0 saturated heterocycles. The van der Waals surface area contributed by atoms with Crippen LogP contribution in [0.4, 0.5) is 10.8 Å². The van der Waals surface area contributed by atoms with Crippen molar-refractivity contribution in [2.45, 2.75) is 24.8 Å². The van der Waals surface area contributed by atoms with Crippen LogP contribution >= 0.6 is 11.3 Å². The largest absolute Gasteiger partial charge is 0.281 e. The Hall–Kier alpha value is -2.85. The molecule has 0 radical (unpaired) electrons. The van der Waals surface area contributed by atoms with Gasteiger partial charge in [0.05, 0.1) is 10.6 Å². The summed E-state index contributed by atoms with van der Waals surface area (Å²) < 4.78 is 27.3. The number of pyridine rings is 1. The van der Waals surface area contributed by atoms with E-state index in [4.69, 9.17) is 0 Å². The second kappa shape index (κ2) is 7.41. The zero-order chi connectivity index (χ0) is 19.6. The summed E-state index contributed by atoms with van der Waals surface area (Å²) in [5, 5.41) is 12.6. The molecule has 0 unspecified atom stereocenters. The first-order valence-electron chi connectivity index (χ1n) is 7.95. The molecular formula is C17H16N4O4S2. The summed E-state index contributed by atoms with van der Waals surface area (Å²) >= 11 is 1.09. The van der Waals surface area contributed by atoms with Crippen LogP contribution in [0.1, 0.15) is 25.3 Å². The number of nitrogens with zero attached hydrogens (tertiary/aromatic N) is 3. The van der Waals surface area contributed by atoms with E-state index in [1.54, 1.807) is 23.6 Å². The van der Waals surface area contributed by atoms with Crippen molar-refractivity contribution >= 4 is 32.2 Å². The molecular weight excluding hydrogens is 388 g/mol. The fourth-order valence-electron chi connectivity index (χ4n) is 2.29. The van der Waals surface area contributed by atoms with Crippen molar-refractivity contribution in [2.75, 3.05) is 4.72 Å². The standard InChI is InChI=1S/C17H16N4O4S2/c1-11(2)13-6-7-16(18-9-13)27(24,25)20-17-19-15(10-26-17)12-4-3-5-14(8-12)21(22)23/h3-11H,1-2H3,(H,19,20). The lowest BCUT2D eigenvalue weighted by Crippen LogP contribution is -2.14. The molecule has 0 saturated carbocycles. The molecule has 0 aliphatic carbocycles. The molecule has 1 aromatic carbocycles. The smallest absolute Gasteiger partial charge is 0.258 e. The van der Waals surface area contributed by atoms with E-state index in [1.165, 1.54) is 24.4 Å². The van der Waals surface area contributed by atoms with Gasteiger partial charge in [0.2, 0.25) is 0 Å². The number of rotatable bonds is 6. The van der Waals surface area contributed by atoms with Gasteiger partial charge in [-0.1, -0.05) is 32.0 Å². The topological polar surface area (TPSA) is 115 Å². The number of thiazole rings is 1. The van der Waals surface area contributed by atoms with Crippen molar-refractivity contribution in [1.29, 1.82) is 0 Å². The number of aromatic nitrogens is 2. The SMILES string of the molecule is CC(C)c1ccc(S(=O)(=O)Nc2nc(-c3cccc([N+](=O)[O-])c3)cs2)nc1. The normalized spacial score (nSPS) is 11.5. The Kier molecular flexibility index (Phi) is 5.19. The third-order valence-corrected chi connectivity index (χ3v) is 5.92. The third kappa shape index (κ3) is 4.29. The van der Waals surface area contributed by atoms with Crippen LogP contribution in [0.25, 0.3) is 11.3 Å². The fraction of sp³-hybridized carbons (Fsp3) is 0.176. The Morgan fingerprint density at radius 1 is 1.22 bits per heavy atom. The van der Waals surface area contributed by atoms with E-state index < -0.39 is 14.9 Å². The highest BCUT2D eigenvalue weighted by Gasteiger charge is 2.19. The Labute approximate surface area is 160 Å². The summed E-state index contributed by atoms with van der Waals surface area (Å²) in [5.41, 5.74) is 1.86. The molecule has 140 valence electrons. The van der Waals surface area contributed by atoms with Crippen LogP contribution in [0, 0.1) is 10.1 Å². The number of hydrogen-bond acceptors (Lipinski definition) is 7. The van der Waals surface area contributed by atoms with Crippen molar-refractivity contribution in [3.05, 3.63) is 63.7 Å². The van der Waals surface area contributed by atoms with E-state index in [0.717, 1.165) is 16.9 Å². The quantitative estimate of drug-likeness (QED) is 0.490. The van der Waals surface area contributed by atoms with E-state index in [2.05, 4.69) is 14.7 Å². The van der Waals surface area contributed by atoms with Gasteiger partial charge in [0.25, 0.3) is 15.7 Å². The Bertz CT molecular complexity index is 1080. The molecule has 27 heavy (non-hydrogen) atoms. The van der Waals surface area contributed by atoms with Gasteiger partial charge >= 0.3 is 0 Å². The molecule has 0 spiro atoms. The predicted octanol–water partition coefficient (Wildman–Crippen LogP) is 4.04. The van der Waals surface area contributed by atoms with Crippen LogP contribution in [0.3, 0.4) is 0 Å². The Morgan fingerprint density at radius 3 is 2.63 bits per heavy atom. The number of anilines is 1. The molecule has 2 heterocycles. The van der Waals surface area contributed by atoms with Crippen molar-refractivity contribution in [1.82, 2.24) is 9.97 Å². The maximum atomic E-state index is 12.5. The minimum atomic E-state index is -3.87. The van der Waals surface area contributed by atoms with Crippen LogP contribution < -0.4 is 4.72 Å². The van der Waals surface area contributed by atoms with Gasteiger partial charge in [-0.25, -0.2) is 9.97 Å². The zero-order valence-electron chi connectivity index (χ0n) is 14.5. The van der Waals surface area contributed by atoms with Gasteiger partial charge in [-0.15, -0.1) is 11.3 Å². The molecule has 0 bridgehead atoms. The summed E-state index contributed by atoms with van der Waals surface area (Å²) in [6.07, 6.45) is 1.54. The average molecular weight is 404 g/mol. The molecule has 0 aliphatic rings. The summed E-state index contributed by atoms with van der Waals surface area (Å²) in [5.74, 6) is 0.249. The second-order valence-electron chi connectivity index (χ2n) is 6.04. The highest BCUT2D eigenvalue weighted by Crippen LogP contribution is 2.28. The summed E-state index contributed by atoms with van der Waals surface area (Å²) in [7, 11) is -3.87. The summed E-state index contributed by atoms with van der Waals surface area (Å²) in [4.78, 5) is 18.6. The molecule has 0 fully saturated rings. The minimum Gasteiger partial charge on any atom is -0.258 e. The van der Waals surface area contributed by atoms with Gasteiger partial charge in [-0.05, 0) is 17.5 Å². The maximum absolute atomic E-state index is 12.5. The maximum Gasteiger partial charge on any atom is 0.281 e. The number of benzene rings is 1. The van der Waals surface area contributed by atoms with Crippen LogP contribution in [-0.2, 0) is 10.0 Å². The molecule has 1 N–H and O–H groups in total. The lowest BCUT2D eigenvalue weighted by molar-refractivity contribution is -0.384. The van der Waals surface area contributed by atoms with Crippen LogP contribution in [0.15, 0.2) is 53.0 Å². The van der Waals surface area contributed by atoms with Crippen molar-refractivity contribution in [2.24, 2.45) is 0 Å². The van der Waals surface area contributed by atoms with E-state index in [0.29, 0.717) is 11.3 Å². The molecule has 10 heteroatoms. The van der Waals surface area contributed by atoms with Gasteiger partial charge in [0.15, 0.2) is 10.2 Å². The number of nitro benzene ring substituents is 1. The Balaban J connectivity index is 1.82. The number of hydrogen-bond donors (Lipinski definition) is 1. The van der Waals surface area contributed by atoms with Gasteiger partial charge in [-0.3, -0.25) is 14.8 Å². The first-order chi connectivity index (χ1) is 12.8. The van der Waals surface area contributed by atoms with E-state index >= 15 is 0 Å². The third-order valence-electron chi connectivity index (χ3n) is 3.78. The number of nitrogens with one attached hydrogen (secondary N) is 1. The predicted molar refractivity (Wildman–Crippen MR) is 103 cm³/mol. The lowest BCUT2D eigenvalue weighted by Gasteiger charge is -2.07. The molecule has 0 aliphatic heterocycles. The van der Waals surface area contributed by atoms with E-state index in [-0.39, 0.29) is 21.8 Å². The van der Waals surface area contributed by atoms with Crippen molar-refractivity contribution in [3.63, 3.8) is 0 Å². The van der Waals surface area contributed by atoms with Crippen molar-refractivity contribution < 1.29 is 13.3 Å². The monoisotopic (exact) mass is 404 g/mol. The molecule has 0 amide bonds. The molecule has 3 aromatic rings. The highest BCUT2D eigenvalue weighted by atomic mass is 32.2. The second-order valence-corrected chi connectivity index (χ2v) is 8.52. The number of non-ortho nitro benzene ring substituents is 1.